The number of amides is 1. The highest BCUT2D eigenvalue weighted by atomic mass is 32.2. The summed E-state index contributed by atoms with van der Waals surface area (Å²) < 4.78 is 7.39. The summed E-state index contributed by atoms with van der Waals surface area (Å²) in [5.74, 6) is 2.44. The summed E-state index contributed by atoms with van der Waals surface area (Å²) in [6.07, 6.45) is 1.17. The SMILES string of the molecule is C[C@@H](O[Si](C)(C)C(C)(C)C)[C@H]1C(=O)N[C@@H]1SC(=S)S[C@H]1CCSC1. The second-order valence-corrected chi connectivity index (χ2v) is 17.6. The van der Waals surface area contributed by atoms with Gasteiger partial charge in [0.2, 0.25) is 5.91 Å². The molecule has 2 heterocycles. The van der Waals surface area contributed by atoms with Crippen molar-refractivity contribution in [2.24, 2.45) is 5.92 Å². The van der Waals surface area contributed by atoms with E-state index in [1.807, 2.05) is 30.4 Å². The third kappa shape index (κ3) is 5.16. The predicted octanol–water partition coefficient (Wildman–Crippen LogP) is 4.73. The van der Waals surface area contributed by atoms with Gasteiger partial charge in [0.05, 0.1) is 17.4 Å². The van der Waals surface area contributed by atoms with E-state index in [1.165, 1.54) is 17.9 Å². The lowest BCUT2D eigenvalue weighted by molar-refractivity contribution is -0.136. The molecule has 2 rings (SSSR count). The van der Waals surface area contributed by atoms with Crippen LogP contribution in [0, 0.1) is 5.92 Å². The number of nitrogens with one attached hydrogen (secondary N) is 1. The quantitative estimate of drug-likeness (QED) is 0.392. The van der Waals surface area contributed by atoms with Crippen molar-refractivity contribution < 1.29 is 9.22 Å². The molecular formula is C16H29NO2S4Si. The van der Waals surface area contributed by atoms with E-state index in [0.717, 1.165) is 3.53 Å². The molecule has 4 atom stereocenters. The highest BCUT2D eigenvalue weighted by Gasteiger charge is 2.48. The first-order valence-corrected chi connectivity index (χ1v) is 14.7. The summed E-state index contributed by atoms with van der Waals surface area (Å²) in [5.41, 5.74) is 0. The van der Waals surface area contributed by atoms with E-state index in [4.69, 9.17) is 16.6 Å². The fourth-order valence-corrected chi connectivity index (χ4v) is 8.75. The van der Waals surface area contributed by atoms with Gasteiger partial charge in [-0.3, -0.25) is 4.79 Å². The maximum atomic E-state index is 12.1. The fourth-order valence-electron chi connectivity index (χ4n) is 2.52. The average molecular weight is 424 g/mol. The van der Waals surface area contributed by atoms with Crippen molar-refractivity contribution in [3.05, 3.63) is 0 Å². The van der Waals surface area contributed by atoms with Gasteiger partial charge in [0, 0.05) is 11.0 Å². The summed E-state index contributed by atoms with van der Waals surface area (Å²) in [4.78, 5) is 12.1. The van der Waals surface area contributed by atoms with E-state index in [1.54, 1.807) is 11.8 Å². The topological polar surface area (TPSA) is 38.3 Å². The lowest BCUT2D eigenvalue weighted by Gasteiger charge is -2.45. The molecule has 2 saturated heterocycles. The summed E-state index contributed by atoms with van der Waals surface area (Å²) >= 11 is 11.0. The van der Waals surface area contributed by atoms with E-state index in [0.29, 0.717) is 5.25 Å². The molecule has 1 amide bonds. The van der Waals surface area contributed by atoms with E-state index in [-0.39, 0.29) is 28.3 Å². The lowest BCUT2D eigenvalue weighted by Crippen LogP contribution is -2.62. The molecule has 3 nitrogen and oxygen atoms in total. The molecule has 0 bridgehead atoms. The van der Waals surface area contributed by atoms with Crippen molar-refractivity contribution in [1.82, 2.24) is 5.32 Å². The van der Waals surface area contributed by atoms with Gasteiger partial charge in [0.25, 0.3) is 0 Å². The Morgan fingerprint density at radius 1 is 1.42 bits per heavy atom. The van der Waals surface area contributed by atoms with Gasteiger partial charge >= 0.3 is 0 Å². The Balaban J connectivity index is 1.89. The van der Waals surface area contributed by atoms with Crippen LogP contribution >= 0.6 is 47.5 Å². The van der Waals surface area contributed by atoms with Gasteiger partial charge in [-0.1, -0.05) is 44.8 Å². The van der Waals surface area contributed by atoms with Crippen LogP contribution in [0.25, 0.3) is 0 Å². The third-order valence-corrected chi connectivity index (χ3v) is 14.0. The number of hydrogen-bond donors (Lipinski definition) is 1. The maximum absolute atomic E-state index is 12.1. The highest BCUT2D eigenvalue weighted by Crippen LogP contribution is 2.41. The molecular weight excluding hydrogens is 395 g/mol. The van der Waals surface area contributed by atoms with Crippen LogP contribution < -0.4 is 5.32 Å². The molecule has 1 N–H and O–H groups in total. The molecule has 0 spiro atoms. The Hall–Kier alpha value is 0.787. The number of rotatable bonds is 5. The first-order valence-electron chi connectivity index (χ1n) is 8.44. The number of hydrogen-bond acceptors (Lipinski definition) is 6. The second kappa shape index (κ2) is 8.21. The second-order valence-electron chi connectivity index (χ2n) is 8.01. The van der Waals surface area contributed by atoms with Gasteiger partial charge in [0.15, 0.2) is 8.32 Å². The maximum Gasteiger partial charge on any atom is 0.229 e. The molecule has 8 heteroatoms. The van der Waals surface area contributed by atoms with Crippen LogP contribution in [-0.4, -0.2) is 46.0 Å². The normalized spacial score (nSPS) is 29.1. The van der Waals surface area contributed by atoms with Crippen LogP contribution in [0.15, 0.2) is 0 Å². The molecule has 0 aromatic carbocycles. The molecule has 0 unspecified atom stereocenters. The number of thiocarbonyl (C=S) groups is 1. The largest absolute Gasteiger partial charge is 0.413 e. The summed E-state index contributed by atoms with van der Waals surface area (Å²) in [7, 11) is -1.87. The first kappa shape index (κ1) is 21.1. The van der Waals surface area contributed by atoms with Crippen LogP contribution in [0.1, 0.15) is 34.1 Å². The average Bonchev–Trinajstić information content (AvgIpc) is 2.88. The van der Waals surface area contributed by atoms with E-state index >= 15 is 0 Å². The molecule has 0 aliphatic carbocycles. The Morgan fingerprint density at radius 3 is 2.58 bits per heavy atom. The predicted molar refractivity (Wildman–Crippen MR) is 117 cm³/mol. The smallest absolute Gasteiger partial charge is 0.229 e. The van der Waals surface area contributed by atoms with Crippen molar-refractivity contribution in [2.75, 3.05) is 11.5 Å². The van der Waals surface area contributed by atoms with E-state index in [9.17, 15) is 4.79 Å². The molecule has 2 aliphatic heterocycles. The van der Waals surface area contributed by atoms with E-state index in [2.05, 4.69) is 39.2 Å². The molecule has 24 heavy (non-hydrogen) atoms. The van der Waals surface area contributed by atoms with Crippen LogP contribution in [0.3, 0.4) is 0 Å². The Labute approximate surface area is 165 Å². The monoisotopic (exact) mass is 423 g/mol. The molecule has 0 aromatic rings. The Bertz CT molecular complexity index is 489. The molecule has 138 valence electrons. The van der Waals surface area contributed by atoms with Crippen LogP contribution in [0.2, 0.25) is 18.1 Å². The van der Waals surface area contributed by atoms with Crippen molar-refractivity contribution in [1.29, 1.82) is 0 Å². The van der Waals surface area contributed by atoms with Crippen molar-refractivity contribution in [3.63, 3.8) is 0 Å². The van der Waals surface area contributed by atoms with Gasteiger partial charge in [0.1, 0.15) is 3.53 Å². The minimum absolute atomic E-state index is 0.0614. The number of thioether (sulfide) groups is 3. The molecule has 2 aliphatic rings. The zero-order chi connectivity index (χ0) is 18.1. The molecule has 2 fully saturated rings. The van der Waals surface area contributed by atoms with Gasteiger partial charge in [-0.25, -0.2) is 0 Å². The van der Waals surface area contributed by atoms with Crippen LogP contribution in [0.5, 0.6) is 0 Å². The Kier molecular flexibility index (Phi) is 7.21. The van der Waals surface area contributed by atoms with Crippen molar-refractivity contribution >= 4 is 65.3 Å². The van der Waals surface area contributed by atoms with Crippen LogP contribution in [0.4, 0.5) is 0 Å². The Morgan fingerprint density at radius 2 is 2.08 bits per heavy atom. The van der Waals surface area contributed by atoms with Crippen molar-refractivity contribution in [3.8, 4) is 0 Å². The first-order chi connectivity index (χ1) is 11.0. The minimum Gasteiger partial charge on any atom is -0.413 e. The van der Waals surface area contributed by atoms with E-state index < -0.39 is 8.32 Å². The minimum atomic E-state index is -1.87. The van der Waals surface area contributed by atoms with Gasteiger partial charge in [-0.15, -0.1) is 11.8 Å². The van der Waals surface area contributed by atoms with Gasteiger partial charge < -0.3 is 9.74 Å². The number of carbonyl (C=O) groups excluding carboxylic acids is 1. The summed E-state index contributed by atoms with van der Waals surface area (Å²) in [6.45, 7) is 13.2. The fraction of sp³-hybridized carbons (Fsp3) is 0.875. The number of carbonyl (C=O) groups is 1. The van der Waals surface area contributed by atoms with Gasteiger partial charge in [-0.05, 0) is 37.2 Å². The zero-order valence-corrected chi connectivity index (χ0v) is 19.6. The summed E-state index contributed by atoms with van der Waals surface area (Å²) in [6, 6.07) is 0. The lowest BCUT2D eigenvalue weighted by atomic mass is 9.96. The number of β-lactam (4-membered cyclic amide) rings is 1. The van der Waals surface area contributed by atoms with Crippen molar-refractivity contribution in [2.45, 2.75) is 69.0 Å². The molecule has 0 aromatic heterocycles. The summed E-state index contributed by atoms with van der Waals surface area (Å²) in [5, 5.41) is 3.86. The standard InChI is InChI=1S/C16H29NO2S4Si/c1-10(19-24(5,6)16(2,3)4)12-13(18)17-14(12)23-15(20)22-11-7-8-21-9-11/h10-12,14H,7-9H2,1-6H3,(H,17,18)/t10-,11+,12+,14-/m1/s1. The zero-order valence-electron chi connectivity index (χ0n) is 15.4. The van der Waals surface area contributed by atoms with Gasteiger partial charge in [-0.2, -0.15) is 11.8 Å². The third-order valence-electron chi connectivity index (χ3n) is 5.08. The van der Waals surface area contributed by atoms with Crippen LogP contribution in [-0.2, 0) is 9.22 Å². The highest BCUT2D eigenvalue weighted by molar-refractivity contribution is 8.47. The molecule has 0 radical (unpaired) electrons. The molecule has 0 saturated carbocycles.